The SMILES string of the molecule is Cc1ccccc1[C@H]1[C@@H](C(=O)Nc2cccc(C(C)(C)C)c2)CCCN1C(=O)c1c(C)cccc1C. The summed E-state index contributed by atoms with van der Waals surface area (Å²) in [5, 5.41) is 3.19. The summed E-state index contributed by atoms with van der Waals surface area (Å²) < 4.78 is 0. The van der Waals surface area contributed by atoms with Crippen LogP contribution < -0.4 is 5.32 Å². The lowest BCUT2D eigenvalue weighted by Gasteiger charge is -2.42. The molecular formula is C32H38N2O2. The highest BCUT2D eigenvalue weighted by Gasteiger charge is 2.40. The molecule has 1 saturated heterocycles. The van der Waals surface area contributed by atoms with Gasteiger partial charge in [-0.05, 0) is 79.0 Å². The molecule has 2 amide bonds. The van der Waals surface area contributed by atoms with Crippen molar-refractivity contribution in [2.24, 2.45) is 5.92 Å². The van der Waals surface area contributed by atoms with E-state index in [1.807, 2.05) is 61.2 Å². The van der Waals surface area contributed by atoms with Crippen LogP contribution in [0.3, 0.4) is 0 Å². The van der Waals surface area contributed by atoms with Gasteiger partial charge in [0.05, 0.1) is 12.0 Å². The highest BCUT2D eigenvalue weighted by atomic mass is 16.2. The van der Waals surface area contributed by atoms with Gasteiger partial charge in [-0.2, -0.15) is 0 Å². The van der Waals surface area contributed by atoms with Crippen LogP contribution in [-0.4, -0.2) is 23.3 Å². The quantitative estimate of drug-likeness (QED) is 0.430. The molecule has 0 aromatic heterocycles. The van der Waals surface area contributed by atoms with Crippen molar-refractivity contribution in [3.8, 4) is 0 Å². The van der Waals surface area contributed by atoms with E-state index in [1.165, 1.54) is 5.56 Å². The van der Waals surface area contributed by atoms with Gasteiger partial charge in [0.1, 0.15) is 0 Å². The zero-order chi connectivity index (χ0) is 26.0. The maximum absolute atomic E-state index is 14.0. The molecule has 4 nitrogen and oxygen atoms in total. The summed E-state index contributed by atoms with van der Waals surface area (Å²) >= 11 is 0. The average molecular weight is 483 g/mol. The summed E-state index contributed by atoms with van der Waals surface area (Å²) in [6.45, 7) is 13.2. The molecule has 0 saturated carbocycles. The smallest absolute Gasteiger partial charge is 0.254 e. The van der Waals surface area contributed by atoms with E-state index >= 15 is 0 Å². The maximum atomic E-state index is 14.0. The van der Waals surface area contributed by atoms with Gasteiger partial charge < -0.3 is 10.2 Å². The van der Waals surface area contributed by atoms with Crippen LogP contribution in [0.4, 0.5) is 5.69 Å². The predicted molar refractivity (Wildman–Crippen MR) is 147 cm³/mol. The van der Waals surface area contributed by atoms with Crippen LogP contribution >= 0.6 is 0 Å². The number of carbonyl (C=O) groups is 2. The largest absolute Gasteiger partial charge is 0.331 e. The fourth-order valence-corrected chi connectivity index (χ4v) is 5.40. The fourth-order valence-electron chi connectivity index (χ4n) is 5.40. The second kappa shape index (κ2) is 10.3. The molecule has 0 radical (unpaired) electrons. The summed E-state index contributed by atoms with van der Waals surface area (Å²) in [7, 11) is 0. The van der Waals surface area contributed by atoms with Crippen molar-refractivity contribution in [2.45, 2.75) is 65.8 Å². The van der Waals surface area contributed by atoms with Gasteiger partial charge in [-0.25, -0.2) is 0 Å². The van der Waals surface area contributed by atoms with Gasteiger partial charge in [-0.15, -0.1) is 0 Å². The number of hydrogen-bond acceptors (Lipinski definition) is 2. The Balaban J connectivity index is 1.72. The molecule has 0 aliphatic carbocycles. The Morgan fingerprint density at radius 2 is 1.50 bits per heavy atom. The zero-order valence-corrected chi connectivity index (χ0v) is 22.4. The van der Waals surface area contributed by atoms with Crippen LogP contribution in [0.2, 0.25) is 0 Å². The van der Waals surface area contributed by atoms with Crippen LogP contribution in [0, 0.1) is 26.7 Å². The molecule has 36 heavy (non-hydrogen) atoms. The third-order valence-electron chi connectivity index (χ3n) is 7.43. The Kier molecular flexibility index (Phi) is 7.35. The highest BCUT2D eigenvalue weighted by molar-refractivity contribution is 5.99. The lowest BCUT2D eigenvalue weighted by Crippen LogP contribution is -2.47. The standard InChI is InChI=1S/C32H38N2O2/c1-21-12-7-8-17-26(21)29-27(30(35)33-25-16-10-15-24(20-25)32(4,5)6)18-11-19-34(29)31(36)28-22(2)13-9-14-23(28)3/h7-10,12-17,20,27,29H,11,18-19H2,1-6H3,(H,33,35)/t27-,29-/m0/s1. The van der Waals surface area contributed by atoms with Crippen molar-refractivity contribution in [1.29, 1.82) is 0 Å². The number of likely N-dealkylation sites (tertiary alicyclic amines) is 1. The van der Waals surface area contributed by atoms with Gasteiger partial charge in [-0.3, -0.25) is 9.59 Å². The Bertz CT molecular complexity index is 1250. The molecule has 4 rings (SSSR count). The summed E-state index contributed by atoms with van der Waals surface area (Å²) in [6, 6.07) is 21.9. The van der Waals surface area contributed by atoms with E-state index in [0.717, 1.165) is 46.3 Å². The third-order valence-corrected chi connectivity index (χ3v) is 7.43. The molecule has 0 unspecified atom stereocenters. The molecule has 0 spiro atoms. The third kappa shape index (κ3) is 5.23. The van der Waals surface area contributed by atoms with Crippen LogP contribution in [0.25, 0.3) is 0 Å². The van der Waals surface area contributed by atoms with E-state index in [4.69, 9.17) is 0 Å². The van der Waals surface area contributed by atoms with Crippen LogP contribution in [0.15, 0.2) is 66.7 Å². The van der Waals surface area contributed by atoms with E-state index < -0.39 is 0 Å². The number of piperidine rings is 1. The number of hydrogen-bond donors (Lipinski definition) is 1. The zero-order valence-electron chi connectivity index (χ0n) is 22.4. The van der Waals surface area contributed by atoms with Gasteiger partial charge in [0, 0.05) is 17.8 Å². The topological polar surface area (TPSA) is 49.4 Å². The number of anilines is 1. The van der Waals surface area contributed by atoms with Gasteiger partial charge in [0.2, 0.25) is 5.91 Å². The fraction of sp³-hybridized carbons (Fsp3) is 0.375. The average Bonchev–Trinajstić information content (AvgIpc) is 2.83. The van der Waals surface area contributed by atoms with E-state index in [1.54, 1.807) is 0 Å². The first-order chi connectivity index (χ1) is 17.1. The van der Waals surface area contributed by atoms with Gasteiger partial charge in [-0.1, -0.05) is 75.4 Å². The first kappa shape index (κ1) is 25.7. The molecule has 3 aromatic carbocycles. The van der Waals surface area contributed by atoms with Crippen molar-refractivity contribution in [3.05, 3.63) is 100 Å². The number of amides is 2. The predicted octanol–water partition coefficient (Wildman–Crippen LogP) is 7.14. The van der Waals surface area contributed by atoms with E-state index in [-0.39, 0.29) is 29.2 Å². The number of nitrogens with one attached hydrogen (secondary N) is 1. The van der Waals surface area contributed by atoms with Crippen LogP contribution in [0.1, 0.15) is 77.8 Å². The van der Waals surface area contributed by atoms with E-state index in [0.29, 0.717) is 6.54 Å². The van der Waals surface area contributed by atoms with Gasteiger partial charge in [0.25, 0.3) is 5.91 Å². The molecule has 1 aliphatic rings. The molecule has 2 atom stereocenters. The minimum atomic E-state index is -0.341. The molecule has 1 aliphatic heterocycles. The molecule has 1 fully saturated rings. The lowest BCUT2D eigenvalue weighted by atomic mass is 9.81. The van der Waals surface area contributed by atoms with Gasteiger partial charge >= 0.3 is 0 Å². The van der Waals surface area contributed by atoms with Crippen molar-refractivity contribution in [1.82, 2.24) is 4.90 Å². The minimum Gasteiger partial charge on any atom is -0.331 e. The molecule has 1 heterocycles. The van der Waals surface area contributed by atoms with E-state index in [9.17, 15) is 9.59 Å². The number of nitrogens with zero attached hydrogens (tertiary/aromatic N) is 1. The summed E-state index contributed by atoms with van der Waals surface area (Å²) in [4.78, 5) is 29.8. The van der Waals surface area contributed by atoms with Crippen molar-refractivity contribution in [2.75, 3.05) is 11.9 Å². The lowest BCUT2D eigenvalue weighted by molar-refractivity contribution is -0.123. The maximum Gasteiger partial charge on any atom is 0.254 e. The summed E-state index contributed by atoms with van der Waals surface area (Å²) in [6.07, 6.45) is 1.53. The molecule has 0 bridgehead atoms. The molecule has 4 heteroatoms. The van der Waals surface area contributed by atoms with Crippen LogP contribution in [0.5, 0.6) is 0 Å². The number of benzene rings is 3. The van der Waals surface area contributed by atoms with Gasteiger partial charge in [0.15, 0.2) is 0 Å². The normalized spacial score (nSPS) is 18.1. The number of carbonyl (C=O) groups excluding carboxylic acids is 2. The second-order valence-corrected chi connectivity index (χ2v) is 11.1. The van der Waals surface area contributed by atoms with Crippen molar-refractivity contribution in [3.63, 3.8) is 0 Å². The Labute approximate surface area is 215 Å². The molecular weight excluding hydrogens is 444 g/mol. The Morgan fingerprint density at radius 3 is 2.17 bits per heavy atom. The first-order valence-electron chi connectivity index (χ1n) is 12.9. The Hall–Kier alpha value is -3.40. The van der Waals surface area contributed by atoms with Crippen molar-refractivity contribution >= 4 is 17.5 Å². The van der Waals surface area contributed by atoms with E-state index in [2.05, 4.69) is 57.3 Å². The molecule has 188 valence electrons. The second-order valence-electron chi connectivity index (χ2n) is 11.1. The molecule has 1 N–H and O–H groups in total. The minimum absolute atomic E-state index is 0.00563. The monoisotopic (exact) mass is 482 g/mol. The van der Waals surface area contributed by atoms with Crippen LogP contribution in [-0.2, 0) is 10.2 Å². The summed E-state index contributed by atoms with van der Waals surface area (Å²) in [5.41, 5.74) is 6.78. The molecule has 3 aromatic rings. The number of rotatable bonds is 4. The highest BCUT2D eigenvalue weighted by Crippen LogP contribution is 2.40. The van der Waals surface area contributed by atoms with Crippen molar-refractivity contribution < 1.29 is 9.59 Å². The Morgan fingerprint density at radius 1 is 0.861 bits per heavy atom. The number of aryl methyl sites for hydroxylation is 3. The summed E-state index contributed by atoms with van der Waals surface area (Å²) in [5.74, 6) is -0.370. The first-order valence-corrected chi connectivity index (χ1v) is 12.9.